The van der Waals surface area contributed by atoms with Crippen LogP contribution in [-0.4, -0.2) is 24.2 Å². The molecule has 2 aliphatic carbocycles. The maximum Gasteiger partial charge on any atom is 0.416 e. The molecule has 0 radical (unpaired) electrons. The van der Waals surface area contributed by atoms with Crippen LogP contribution in [0.15, 0.2) is 36.7 Å². The lowest BCUT2D eigenvalue weighted by molar-refractivity contribution is -0.137. The van der Waals surface area contributed by atoms with Crippen molar-refractivity contribution in [2.45, 2.75) is 64.5 Å². The molecular weight excluding hydrogens is 443 g/mol. The number of hydrogen-bond donors (Lipinski definition) is 0. The number of ether oxygens (including phenoxy) is 2. The van der Waals surface area contributed by atoms with Gasteiger partial charge in [-0.3, -0.25) is 4.98 Å². The van der Waals surface area contributed by atoms with Crippen LogP contribution in [0.25, 0.3) is 11.1 Å². The third-order valence-corrected chi connectivity index (χ3v) is 6.65. The molecule has 1 saturated carbocycles. The molecule has 1 heterocycles. The lowest BCUT2D eigenvalue weighted by atomic mass is 9.90. The van der Waals surface area contributed by atoms with Crippen LogP contribution in [0.5, 0.6) is 5.75 Å². The van der Waals surface area contributed by atoms with Crippen LogP contribution in [0.1, 0.15) is 85.3 Å². The second-order valence-electron chi connectivity index (χ2n) is 9.02. The van der Waals surface area contributed by atoms with E-state index in [2.05, 4.69) is 4.98 Å². The molecule has 2 aromatic rings. The van der Waals surface area contributed by atoms with Crippen LogP contribution in [0.2, 0.25) is 0 Å². The Morgan fingerprint density at radius 3 is 2.53 bits per heavy atom. The number of carbonyl (C=O) groups excluding carboxylic acids is 1. The van der Waals surface area contributed by atoms with Gasteiger partial charge in [-0.25, -0.2) is 4.79 Å². The fourth-order valence-corrected chi connectivity index (χ4v) is 4.92. The molecule has 0 spiro atoms. The Bertz CT molecular complexity index is 1060. The largest absolute Gasteiger partial charge is 0.493 e. The first kappa shape index (κ1) is 24.3. The molecule has 7 heteroatoms. The lowest BCUT2D eigenvalue weighted by Gasteiger charge is -2.23. The maximum absolute atomic E-state index is 13.6. The van der Waals surface area contributed by atoms with Crippen LogP contribution < -0.4 is 4.74 Å². The molecule has 0 bridgehead atoms. The number of alkyl halides is 3. The van der Waals surface area contributed by atoms with Crippen LogP contribution in [0, 0.1) is 5.92 Å². The lowest BCUT2D eigenvalue weighted by Crippen LogP contribution is -2.16. The Kier molecular flexibility index (Phi) is 7.59. The van der Waals surface area contributed by atoms with E-state index in [0.717, 1.165) is 42.0 Å². The van der Waals surface area contributed by atoms with E-state index < -0.39 is 17.7 Å². The summed E-state index contributed by atoms with van der Waals surface area (Å²) in [7, 11) is 0. The molecule has 4 rings (SSSR count). The molecular formula is C27H30F3NO3. The number of hydrogen-bond acceptors (Lipinski definition) is 4. The highest BCUT2D eigenvalue weighted by molar-refractivity contribution is 5.96. The van der Waals surface area contributed by atoms with Crippen molar-refractivity contribution in [1.29, 1.82) is 0 Å². The van der Waals surface area contributed by atoms with Crippen molar-refractivity contribution in [3.8, 4) is 5.75 Å². The highest BCUT2D eigenvalue weighted by atomic mass is 19.4. The first-order valence-electron chi connectivity index (χ1n) is 12.1. The number of pyridine rings is 1. The van der Waals surface area contributed by atoms with Gasteiger partial charge in [-0.15, -0.1) is 0 Å². The van der Waals surface area contributed by atoms with Gasteiger partial charge in [0.05, 0.1) is 24.3 Å². The van der Waals surface area contributed by atoms with Crippen LogP contribution in [-0.2, 0) is 10.9 Å². The van der Waals surface area contributed by atoms with Gasteiger partial charge in [0.15, 0.2) is 0 Å². The second kappa shape index (κ2) is 10.6. The maximum atomic E-state index is 13.6. The molecule has 0 saturated heterocycles. The first-order chi connectivity index (χ1) is 16.4. The zero-order valence-electron chi connectivity index (χ0n) is 19.4. The Morgan fingerprint density at radius 1 is 1.03 bits per heavy atom. The summed E-state index contributed by atoms with van der Waals surface area (Å²) in [5.41, 5.74) is 2.59. The highest BCUT2D eigenvalue weighted by Gasteiger charge is 2.32. The van der Waals surface area contributed by atoms with E-state index in [1.165, 1.54) is 37.6 Å². The minimum Gasteiger partial charge on any atom is -0.493 e. The normalized spacial score (nSPS) is 17.2. The summed E-state index contributed by atoms with van der Waals surface area (Å²) in [6.07, 6.45) is 6.57. The number of aromatic nitrogens is 1. The summed E-state index contributed by atoms with van der Waals surface area (Å²) in [6.45, 7) is 2.50. The smallest absolute Gasteiger partial charge is 0.416 e. The summed E-state index contributed by atoms with van der Waals surface area (Å²) in [5, 5.41) is 0. The van der Waals surface area contributed by atoms with E-state index >= 15 is 0 Å². The van der Waals surface area contributed by atoms with E-state index in [-0.39, 0.29) is 6.61 Å². The van der Waals surface area contributed by atoms with Gasteiger partial charge in [0, 0.05) is 18.0 Å². The standard InChI is InChI=1S/C27H30F3NO3/c1-2-33-26(32)20-13-19(15-31-16-20)22-9-6-10-23(22)24-14-21(27(28,29)30)11-12-25(24)34-17-18-7-4-3-5-8-18/h11-16,18H,2-10,17H2,1H3. The van der Waals surface area contributed by atoms with E-state index in [0.29, 0.717) is 42.2 Å². The van der Waals surface area contributed by atoms with Crippen molar-refractivity contribution in [3.63, 3.8) is 0 Å². The predicted molar refractivity (Wildman–Crippen MR) is 124 cm³/mol. The van der Waals surface area contributed by atoms with E-state index in [1.807, 2.05) is 0 Å². The van der Waals surface area contributed by atoms with E-state index in [9.17, 15) is 18.0 Å². The number of halogens is 3. The Labute approximate surface area is 198 Å². The number of nitrogens with zero attached hydrogens (tertiary/aromatic N) is 1. The molecule has 0 unspecified atom stereocenters. The van der Waals surface area contributed by atoms with Crippen LogP contribution in [0.3, 0.4) is 0 Å². The number of carbonyl (C=O) groups is 1. The first-order valence-corrected chi connectivity index (χ1v) is 12.1. The molecule has 1 aromatic carbocycles. The minimum absolute atomic E-state index is 0.253. The van der Waals surface area contributed by atoms with Crippen molar-refractivity contribution in [3.05, 3.63) is 58.9 Å². The number of rotatable bonds is 7. The summed E-state index contributed by atoms with van der Waals surface area (Å²) in [6, 6.07) is 5.47. The summed E-state index contributed by atoms with van der Waals surface area (Å²) >= 11 is 0. The van der Waals surface area contributed by atoms with Gasteiger partial charge < -0.3 is 9.47 Å². The molecule has 1 fully saturated rings. The Balaban J connectivity index is 1.72. The van der Waals surface area contributed by atoms with Crippen LogP contribution >= 0.6 is 0 Å². The zero-order valence-corrected chi connectivity index (χ0v) is 19.4. The van der Waals surface area contributed by atoms with Gasteiger partial charge >= 0.3 is 12.1 Å². The summed E-state index contributed by atoms with van der Waals surface area (Å²) < 4.78 is 52.0. The number of esters is 1. The van der Waals surface area contributed by atoms with Crippen molar-refractivity contribution < 1.29 is 27.4 Å². The molecule has 182 valence electrons. The SMILES string of the molecule is CCOC(=O)c1cncc(C2=C(c3cc(C(F)(F)F)ccc3OCC3CCCCC3)CCC2)c1. The fourth-order valence-electron chi connectivity index (χ4n) is 4.92. The predicted octanol–water partition coefficient (Wildman–Crippen LogP) is 7.33. The molecule has 34 heavy (non-hydrogen) atoms. The van der Waals surface area contributed by atoms with Gasteiger partial charge in [0.1, 0.15) is 5.75 Å². The summed E-state index contributed by atoms with van der Waals surface area (Å²) in [4.78, 5) is 16.4. The van der Waals surface area contributed by atoms with Crippen LogP contribution in [0.4, 0.5) is 13.2 Å². The molecule has 0 aliphatic heterocycles. The number of benzene rings is 1. The minimum atomic E-state index is -4.44. The Morgan fingerprint density at radius 2 is 1.79 bits per heavy atom. The van der Waals surface area contributed by atoms with Gasteiger partial charge in [-0.05, 0) is 85.9 Å². The quantitative estimate of drug-likeness (QED) is 0.395. The van der Waals surface area contributed by atoms with Crippen molar-refractivity contribution in [1.82, 2.24) is 4.98 Å². The fraction of sp³-hybridized carbons (Fsp3) is 0.481. The topological polar surface area (TPSA) is 48.4 Å². The van der Waals surface area contributed by atoms with E-state index in [1.54, 1.807) is 19.2 Å². The molecule has 0 atom stereocenters. The summed E-state index contributed by atoms with van der Waals surface area (Å²) in [5.74, 6) is 0.460. The van der Waals surface area contributed by atoms with E-state index in [4.69, 9.17) is 9.47 Å². The van der Waals surface area contributed by atoms with Gasteiger partial charge in [0.2, 0.25) is 0 Å². The highest BCUT2D eigenvalue weighted by Crippen LogP contribution is 2.45. The third kappa shape index (κ3) is 5.62. The third-order valence-electron chi connectivity index (χ3n) is 6.65. The molecule has 0 N–H and O–H groups in total. The second-order valence-corrected chi connectivity index (χ2v) is 9.02. The van der Waals surface area contributed by atoms with Gasteiger partial charge in [-0.2, -0.15) is 13.2 Å². The molecule has 0 amide bonds. The monoisotopic (exact) mass is 473 g/mol. The van der Waals surface area contributed by atoms with Crippen molar-refractivity contribution >= 4 is 17.1 Å². The average molecular weight is 474 g/mol. The molecule has 1 aromatic heterocycles. The molecule has 2 aliphatic rings. The number of allylic oxidation sites excluding steroid dienone is 2. The van der Waals surface area contributed by atoms with Crippen molar-refractivity contribution in [2.24, 2.45) is 5.92 Å². The molecule has 4 nitrogen and oxygen atoms in total. The van der Waals surface area contributed by atoms with Gasteiger partial charge in [-0.1, -0.05) is 19.3 Å². The zero-order chi connectivity index (χ0) is 24.1. The van der Waals surface area contributed by atoms with Crippen molar-refractivity contribution in [2.75, 3.05) is 13.2 Å². The van der Waals surface area contributed by atoms with Gasteiger partial charge in [0.25, 0.3) is 0 Å². The average Bonchev–Trinajstić information content (AvgIpc) is 3.33. The Hall–Kier alpha value is -2.83.